The molecule has 33 heavy (non-hydrogen) atoms. The predicted octanol–water partition coefficient (Wildman–Crippen LogP) is 3.02. The van der Waals surface area contributed by atoms with E-state index in [4.69, 9.17) is 9.72 Å². The molecule has 0 radical (unpaired) electrons. The molecule has 5 rings (SSSR count). The van der Waals surface area contributed by atoms with Crippen molar-refractivity contribution < 1.29 is 13.2 Å². The van der Waals surface area contributed by atoms with Crippen molar-refractivity contribution in [2.45, 2.75) is 23.8 Å². The van der Waals surface area contributed by atoms with Gasteiger partial charge in [-0.05, 0) is 56.3 Å². The summed E-state index contributed by atoms with van der Waals surface area (Å²) in [6.07, 6.45) is 6.44. The van der Waals surface area contributed by atoms with Gasteiger partial charge in [0.25, 0.3) is 10.0 Å². The summed E-state index contributed by atoms with van der Waals surface area (Å²) in [4.78, 5) is 17.7. The van der Waals surface area contributed by atoms with Gasteiger partial charge in [-0.2, -0.15) is 4.98 Å². The summed E-state index contributed by atoms with van der Waals surface area (Å²) in [5.41, 5.74) is 2.84. The number of anilines is 1. The molecule has 1 aromatic carbocycles. The molecule has 0 unspecified atom stereocenters. The number of hydrogen-bond acceptors (Lipinski definition) is 8. The van der Waals surface area contributed by atoms with E-state index in [9.17, 15) is 8.42 Å². The minimum atomic E-state index is -3.73. The summed E-state index contributed by atoms with van der Waals surface area (Å²) in [5, 5.41) is 3.32. The lowest BCUT2D eigenvalue weighted by atomic mass is 10.1. The summed E-state index contributed by atoms with van der Waals surface area (Å²) < 4.78 is 34.0. The average molecular weight is 463 g/mol. The summed E-state index contributed by atoms with van der Waals surface area (Å²) >= 11 is 0. The number of sulfonamides is 1. The lowest BCUT2D eigenvalue weighted by molar-refractivity contribution is 0.158. The van der Waals surface area contributed by atoms with Gasteiger partial charge in [0.15, 0.2) is 5.52 Å². The number of fused-ring (bicyclic) bond motifs is 1. The second-order valence-electron chi connectivity index (χ2n) is 7.69. The van der Waals surface area contributed by atoms with Gasteiger partial charge in [-0.15, -0.1) is 0 Å². The highest BCUT2D eigenvalue weighted by Crippen LogP contribution is 2.27. The van der Waals surface area contributed by atoms with Gasteiger partial charge in [0.2, 0.25) is 5.88 Å². The fourth-order valence-electron chi connectivity index (χ4n) is 3.69. The molecule has 9 nitrogen and oxygen atoms in total. The molecule has 0 atom stereocenters. The fraction of sp³-hybridized carbons (Fsp3) is 0.217. The highest BCUT2D eigenvalue weighted by atomic mass is 32.2. The molecule has 1 saturated heterocycles. The summed E-state index contributed by atoms with van der Waals surface area (Å²) in [5.74, 6) is 0.447. The van der Waals surface area contributed by atoms with Crippen LogP contribution in [0.2, 0.25) is 0 Å². The van der Waals surface area contributed by atoms with Gasteiger partial charge in [0.05, 0.1) is 28.0 Å². The van der Waals surface area contributed by atoms with Crippen LogP contribution in [0.25, 0.3) is 22.3 Å². The van der Waals surface area contributed by atoms with Crippen LogP contribution in [0.4, 0.5) is 5.69 Å². The molecule has 0 bridgehead atoms. The molecule has 168 valence electrons. The highest BCUT2D eigenvalue weighted by molar-refractivity contribution is 7.92. The Bertz CT molecular complexity index is 1380. The zero-order valence-electron chi connectivity index (χ0n) is 17.7. The van der Waals surface area contributed by atoms with E-state index in [0.717, 1.165) is 25.9 Å². The summed E-state index contributed by atoms with van der Waals surface area (Å²) in [6.45, 7) is 1.81. The minimum Gasteiger partial charge on any atom is -0.473 e. The van der Waals surface area contributed by atoms with E-state index in [0.29, 0.717) is 33.9 Å². The summed E-state index contributed by atoms with van der Waals surface area (Å²) in [7, 11) is -3.73. The first-order chi connectivity index (χ1) is 16.1. The number of nitrogens with zero attached hydrogens (tertiary/aromatic N) is 4. The lowest BCUT2D eigenvalue weighted by Gasteiger charge is -2.23. The first-order valence-electron chi connectivity index (χ1n) is 10.6. The van der Waals surface area contributed by atoms with Crippen molar-refractivity contribution in [2.24, 2.45) is 0 Å². The molecular formula is C23H22N6O3S. The number of hydrogen-bond donors (Lipinski definition) is 2. The average Bonchev–Trinajstić information content (AvgIpc) is 2.85. The Kier molecular flexibility index (Phi) is 5.84. The Labute approximate surface area is 191 Å². The van der Waals surface area contributed by atoms with Crippen molar-refractivity contribution >= 4 is 26.7 Å². The van der Waals surface area contributed by atoms with Gasteiger partial charge in [-0.25, -0.2) is 18.4 Å². The van der Waals surface area contributed by atoms with Crippen molar-refractivity contribution in [3.8, 4) is 17.1 Å². The van der Waals surface area contributed by atoms with Crippen LogP contribution in [0.5, 0.6) is 5.88 Å². The normalized spacial score (nSPS) is 14.8. The maximum Gasteiger partial charge on any atom is 0.261 e. The monoisotopic (exact) mass is 462 g/mol. The van der Waals surface area contributed by atoms with Gasteiger partial charge < -0.3 is 10.1 Å². The smallest absolute Gasteiger partial charge is 0.261 e. The van der Waals surface area contributed by atoms with E-state index in [2.05, 4.69) is 25.0 Å². The Balaban J connectivity index is 1.45. The van der Waals surface area contributed by atoms with E-state index in [1.807, 2.05) is 12.1 Å². The van der Waals surface area contributed by atoms with Crippen molar-refractivity contribution in [2.75, 3.05) is 17.8 Å². The quantitative estimate of drug-likeness (QED) is 0.449. The molecule has 0 saturated carbocycles. The zero-order valence-corrected chi connectivity index (χ0v) is 18.5. The van der Waals surface area contributed by atoms with Crippen molar-refractivity contribution in [1.82, 2.24) is 25.3 Å². The second kappa shape index (κ2) is 9.08. The second-order valence-corrected chi connectivity index (χ2v) is 9.37. The molecule has 4 aromatic rings. The van der Waals surface area contributed by atoms with Gasteiger partial charge >= 0.3 is 0 Å². The Morgan fingerprint density at radius 1 is 1.00 bits per heavy atom. The molecule has 3 aromatic heterocycles. The fourth-order valence-corrected chi connectivity index (χ4v) is 4.74. The highest BCUT2D eigenvalue weighted by Gasteiger charge is 2.18. The largest absolute Gasteiger partial charge is 0.473 e. The Hall–Kier alpha value is -3.63. The molecule has 0 spiro atoms. The van der Waals surface area contributed by atoms with Gasteiger partial charge in [0, 0.05) is 11.8 Å². The third-order valence-electron chi connectivity index (χ3n) is 5.35. The summed E-state index contributed by atoms with van der Waals surface area (Å²) in [6, 6.07) is 13.5. The third-order valence-corrected chi connectivity index (χ3v) is 6.75. The van der Waals surface area contributed by atoms with Gasteiger partial charge in [-0.1, -0.05) is 18.2 Å². The molecule has 0 amide bonds. The van der Waals surface area contributed by atoms with Gasteiger partial charge in [0.1, 0.15) is 12.4 Å². The number of nitrogens with one attached hydrogen (secondary N) is 2. The molecule has 2 N–H and O–H groups in total. The van der Waals surface area contributed by atoms with Crippen molar-refractivity contribution in [1.29, 1.82) is 0 Å². The van der Waals surface area contributed by atoms with E-state index in [-0.39, 0.29) is 11.0 Å². The van der Waals surface area contributed by atoms with Crippen LogP contribution in [0.1, 0.15) is 12.8 Å². The molecule has 1 aliphatic heterocycles. The van der Waals surface area contributed by atoms with Crippen LogP contribution in [0.15, 0.2) is 72.1 Å². The number of rotatable bonds is 6. The number of piperidine rings is 1. The van der Waals surface area contributed by atoms with Crippen LogP contribution in [0.3, 0.4) is 0 Å². The molecule has 1 aliphatic rings. The first-order valence-corrected chi connectivity index (χ1v) is 12.1. The lowest BCUT2D eigenvalue weighted by Crippen LogP contribution is -2.34. The number of pyridine rings is 2. The van der Waals surface area contributed by atoms with Crippen LogP contribution in [0, 0.1) is 0 Å². The van der Waals surface area contributed by atoms with E-state index in [1.165, 1.54) is 24.7 Å². The Morgan fingerprint density at radius 2 is 1.82 bits per heavy atom. The van der Waals surface area contributed by atoms with Gasteiger partial charge in [-0.3, -0.25) is 9.71 Å². The number of aromatic nitrogens is 4. The molecule has 0 aliphatic carbocycles. The van der Waals surface area contributed by atoms with Crippen LogP contribution < -0.4 is 14.8 Å². The van der Waals surface area contributed by atoms with Crippen LogP contribution >= 0.6 is 0 Å². The number of benzene rings is 1. The van der Waals surface area contributed by atoms with Crippen molar-refractivity contribution in [3.63, 3.8) is 0 Å². The maximum atomic E-state index is 12.7. The standard InChI is InChI=1S/C23H22N6O3S/c30-33(31,19-4-2-1-3-5-19)29-17-12-16(13-25-14-17)20-6-7-21-22(28-20)23(27-15-26-21)32-18-8-10-24-11-9-18/h1-7,12-15,18,24,29H,8-11H2. The molecule has 4 heterocycles. The third kappa shape index (κ3) is 4.76. The Morgan fingerprint density at radius 3 is 2.64 bits per heavy atom. The minimum absolute atomic E-state index is 0.0761. The predicted molar refractivity (Wildman–Crippen MR) is 124 cm³/mol. The van der Waals surface area contributed by atoms with E-state index >= 15 is 0 Å². The first kappa shape index (κ1) is 21.2. The maximum absolute atomic E-state index is 12.7. The zero-order chi connectivity index (χ0) is 22.7. The van der Waals surface area contributed by atoms with Crippen LogP contribution in [-0.2, 0) is 10.0 Å². The van der Waals surface area contributed by atoms with E-state index < -0.39 is 10.0 Å². The molecule has 1 fully saturated rings. The SMILES string of the molecule is O=S(=O)(Nc1cncc(-c2ccc3ncnc(OC4CCNCC4)c3n2)c1)c1ccccc1. The molecule has 10 heteroatoms. The topological polar surface area (TPSA) is 119 Å². The van der Waals surface area contributed by atoms with Crippen LogP contribution in [-0.4, -0.2) is 47.5 Å². The van der Waals surface area contributed by atoms with Crippen molar-refractivity contribution in [3.05, 3.63) is 67.3 Å². The van der Waals surface area contributed by atoms with E-state index in [1.54, 1.807) is 30.5 Å². The number of ether oxygens (including phenoxy) is 1. The molecular weight excluding hydrogens is 440 g/mol.